The number of rotatable bonds is 5. The summed E-state index contributed by atoms with van der Waals surface area (Å²) in [5.41, 5.74) is 6.17. The first-order valence-electron chi connectivity index (χ1n) is 5.75. The molecular weight excluding hydrogens is 188 g/mol. The quantitative estimate of drug-likeness (QED) is 0.806. The highest BCUT2D eigenvalue weighted by molar-refractivity contribution is 5.09. The normalized spacial score (nSPS) is 20.5. The maximum Gasteiger partial charge on any atom is 0.122 e. The van der Waals surface area contributed by atoms with Crippen molar-refractivity contribution >= 4 is 0 Å². The Morgan fingerprint density at radius 1 is 1.60 bits per heavy atom. The Hall–Kier alpha value is -0.800. The molecule has 0 spiro atoms. The molecule has 1 aromatic heterocycles. The van der Waals surface area contributed by atoms with E-state index in [9.17, 15) is 0 Å². The van der Waals surface area contributed by atoms with Crippen LogP contribution in [0.25, 0.3) is 0 Å². The predicted molar refractivity (Wildman–Crippen MR) is 60.5 cm³/mol. The van der Waals surface area contributed by atoms with Gasteiger partial charge in [0.05, 0.1) is 12.3 Å². The first kappa shape index (κ1) is 10.7. The highest BCUT2D eigenvalue weighted by Crippen LogP contribution is 2.34. The molecule has 1 aliphatic rings. The van der Waals surface area contributed by atoms with E-state index >= 15 is 0 Å². The van der Waals surface area contributed by atoms with E-state index in [0.29, 0.717) is 6.04 Å². The minimum atomic E-state index is 0.154. The van der Waals surface area contributed by atoms with E-state index in [1.807, 2.05) is 12.1 Å². The van der Waals surface area contributed by atoms with Gasteiger partial charge in [0.25, 0.3) is 0 Å². The molecule has 0 radical (unpaired) electrons. The summed E-state index contributed by atoms with van der Waals surface area (Å²) in [7, 11) is 2.15. The van der Waals surface area contributed by atoms with Crippen LogP contribution in [-0.4, -0.2) is 24.0 Å². The second kappa shape index (κ2) is 4.37. The molecule has 2 N–H and O–H groups in total. The van der Waals surface area contributed by atoms with E-state index in [-0.39, 0.29) is 12.1 Å². The van der Waals surface area contributed by atoms with E-state index in [1.54, 1.807) is 6.26 Å². The second-order valence-corrected chi connectivity index (χ2v) is 4.43. The lowest BCUT2D eigenvalue weighted by atomic mass is 10.0. The number of likely N-dealkylation sites (N-methyl/N-ethyl adjacent to an activating group) is 1. The van der Waals surface area contributed by atoms with E-state index in [2.05, 4.69) is 18.9 Å². The predicted octanol–water partition coefficient (Wildman–Crippen LogP) is 2.15. The highest BCUT2D eigenvalue weighted by atomic mass is 16.3. The fraction of sp³-hybridized carbons (Fsp3) is 0.667. The van der Waals surface area contributed by atoms with Gasteiger partial charge in [0.1, 0.15) is 5.76 Å². The van der Waals surface area contributed by atoms with Gasteiger partial charge >= 0.3 is 0 Å². The molecule has 0 aliphatic heterocycles. The van der Waals surface area contributed by atoms with Crippen molar-refractivity contribution in [3.05, 3.63) is 24.2 Å². The van der Waals surface area contributed by atoms with Gasteiger partial charge in [-0.2, -0.15) is 0 Å². The molecule has 0 amide bonds. The van der Waals surface area contributed by atoms with Crippen LogP contribution in [0, 0.1) is 0 Å². The first-order valence-corrected chi connectivity index (χ1v) is 5.75. The Balaban J connectivity index is 2.15. The number of furan rings is 1. The molecule has 3 nitrogen and oxygen atoms in total. The Labute approximate surface area is 91.2 Å². The summed E-state index contributed by atoms with van der Waals surface area (Å²) in [4.78, 5) is 2.37. The lowest BCUT2D eigenvalue weighted by Crippen LogP contribution is -2.39. The molecule has 3 heteroatoms. The van der Waals surface area contributed by atoms with E-state index < -0.39 is 0 Å². The van der Waals surface area contributed by atoms with Gasteiger partial charge < -0.3 is 10.2 Å². The zero-order valence-electron chi connectivity index (χ0n) is 9.52. The second-order valence-electron chi connectivity index (χ2n) is 4.43. The fourth-order valence-electron chi connectivity index (χ4n) is 2.11. The smallest absolute Gasteiger partial charge is 0.122 e. The van der Waals surface area contributed by atoms with E-state index in [4.69, 9.17) is 10.2 Å². The summed E-state index contributed by atoms with van der Waals surface area (Å²) in [5.74, 6) is 0.999. The molecule has 84 valence electrons. The lowest BCUT2D eigenvalue weighted by molar-refractivity contribution is 0.174. The SMILES string of the molecule is CCC(N)C(c1ccco1)N(C)C1CC1. The molecule has 2 atom stereocenters. The molecule has 0 bridgehead atoms. The molecule has 1 fully saturated rings. The number of hydrogen-bond donors (Lipinski definition) is 1. The minimum Gasteiger partial charge on any atom is -0.468 e. The molecule has 0 saturated heterocycles. The van der Waals surface area contributed by atoms with Crippen LogP contribution in [0.15, 0.2) is 22.8 Å². The average Bonchev–Trinajstić information content (AvgIpc) is 2.97. The van der Waals surface area contributed by atoms with Crippen molar-refractivity contribution < 1.29 is 4.42 Å². The van der Waals surface area contributed by atoms with E-state index in [0.717, 1.165) is 12.2 Å². The summed E-state index contributed by atoms with van der Waals surface area (Å²) in [6.45, 7) is 2.13. The van der Waals surface area contributed by atoms with Gasteiger partial charge in [0, 0.05) is 12.1 Å². The Kier molecular flexibility index (Phi) is 3.12. The maximum atomic E-state index is 6.17. The van der Waals surface area contributed by atoms with Gasteiger partial charge in [-0.25, -0.2) is 0 Å². The minimum absolute atomic E-state index is 0.154. The van der Waals surface area contributed by atoms with Crippen LogP contribution >= 0.6 is 0 Å². The molecule has 0 aromatic carbocycles. The third-order valence-electron chi connectivity index (χ3n) is 3.27. The van der Waals surface area contributed by atoms with Gasteiger partial charge in [-0.05, 0) is 38.4 Å². The van der Waals surface area contributed by atoms with Crippen LogP contribution in [0.2, 0.25) is 0 Å². The Morgan fingerprint density at radius 3 is 2.80 bits per heavy atom. The number of nitrogens with two attached hydrogens (primary N) is 1. The van der Waals surface area contributed by atoms with Gasteiger partial charge in [0.15, 0.2) is 0 Å². The maximum absolute atomic E-state index is 6.17. The standard InChI is InChI=1S/C12H20N2O/c1-3-10(13)12(11-5-4-8-15-11)14(2)9-6-7-9/h4-5,8-10,12H,3,6-7,13H2,1-2H3. The molecule has 2 unspecified atom stereocenters. The summed E-state index contributed by atoms with van der Waals surface area (Å²) >= 11 is 0. The molecule has 15 heavy (non-hydrogen) atoms. The Morgan fingerprint density at radius 2 is 2.33 bits per heavy atom. The number of nitrogens with zero attached hydrogens (tertiary/aromatic N) is 1. The largest absolute Gasteiger partial charge is 0.468 e. The fourth-order valence-corrected chi connectivity index (χ4v) is 2.11. The molecular formula is C12H20N2O. The molecule has 1 aromatic rings. The molecule has 1 aliphatic carbocycles. The van der Waals surface area contributed by atoms with Crippen molar-refractivity contribution in [3.8, 4) is 0 Å². The van der Waals surface area contributed by atoms with Crippen molar-refractivity contribution in [2.45, 2.75) is 44.3 Å². The first-order chi connectivity index (χ1) is 7.24. The topological polar surface area (TPSA) is 42.4 Å². The zero-order valence-corrected chi connectivity index (χ0v) is 9.52. The summed E-state index contributed by atoms with van der Waals surface area (Å²) < 4.78 is 5.50. The monoisotopic (exact) mass is 208 g/mol. The molecule has 1 saturated carbocycles. The zero-order chi connectivity index (χ0) is 10.8. The summed E-state index contributed by atoms with van der Waals surface area (Å²) in [6, 6.07) is 5.06. The third kappa shape index (κ3) is 2.24. The van der Waals surface area contributed by atoms with Crippen LogP contribution in [0.3, 0.4) is 0 Å². The summed E-state index contributed by atoms with van der Waals surface area (Å²) in [6.07, 6.45) is 5.29. The van der Waals surface area contributed by atoms with E-state index in [1.165, 1.54) is 12.8 Å². The average molecular weight is 208 g/mol. The summed E-state index contributed by atoms with van der Waals surface area (Å²) in [5, 5.41) is 0. The Bertz CT molecular complexity index is 293. The van der Waals surface area contributed by atoms with Crippen LogP contribution in [0.1, 0.15) is 38.0 Å². The van der Waals surface area contributed by atoms with Crippen molar-refractivity contribution in [1.29, 1.82) is 0 Å². The number of hydrogen-bond acceptors (Lipinski definition) is 3. The van der Waals surface area contributed by atoms with Gasteiger partial charge in [-0.3, -0.25) is 4.90 Å². The van der Waals surface area contributed by atoms with Crippen LogP contribution in [0.4, 0.5) is 0 Å². The van der Waals surface area contributed by atoms with Gasteiger partial charge in [0.2, 0.25) is 0 Å². The van der Waals surface area contributed by atoms with Crippen LogP contribution in [0.5, 0.6) is 0 Å². The lowest BCUT2D eigenvalue weighted by Gasteiger charge is -2.30. The van der Waals surface area contributed by atoms with Gasteiger partial charge in [-0.1, -0.05) is 6.92 Å². The van der Waals surface area contributed by atoms with Crippen molar-refractivity contribution in [1.82, 2.24) is 4.90 Å². The highest BCUT2D eigenvalue weighted by Gasteiger charge is 2.35. The molecule has 1 heterocycles. The van der Waals surface area contributed by atoms with Crippen molar-refractivity contribution in [3.63, 3.8) is 0 Å². The van der Waals surface area contributed by atoms with Gasteiger partial charge in [-0.15, -0.1) is 0 Å². The van der Waals surface area contributed by atoms with Crippen LogP contribution < -0.4 is 5.73 Å². The third-order valence-corrected chi connectivity index (χ3v) is 3.27. The van der Waals surface area contributed by atoms with Crippen molar-refractivity contribution in [2.75, 3.05) is 7.05 Å². The molecule has 2 rings (SSSR count). The van der Waals surface area contributed by atoms with Crippen LogP contribution in [-0.2, 0) is 0 Å². The van der Waals surface area contributed by atoms with Crippen molar-refractivity contribution in [2.24, 2.45) is 5.73 Å².